The molecule has 0 saturated heterocycles. The minimum Gasteiger partial charge on any atom is -0.489 e. The summed E-state index contributed by atoms with van der Waals surface area (Å²) in [6.07, 6.45) is 0.184. The van der Waals surface area contributed by atoms with E-state index in [0.717, 1.165) is 4.57 Å². The van der Waals surface area contributed by atoms with Gasteiger partial charge in [0, 0.05) is 29.8 Å². The number of fused-ring (bicyclic) bond motifs is 1. The van der Waals surface area contributed by atoms with Crippen LogP contribution in [0.3, 0.4) is 0 Å². The number of hydrogen-bond donors (Lipinski definition) is 3. The molecule has 15 heteroatoms. The summed E-state index contributed by atoms with van der Waals surface area (Å²) in [5, 5.41) is 26.4. The van der Waals surface area contributed by atoms with E-state index >= 15 is 0 Å². The SMILES string of the molecule is Cn1c(=O)[nH]c(=O)c2c1nc(NN=Cc1cccc([N+](=O)[O-])c1)n2C[C@H](O)COc1ccc(Cl)cc1Cl. The van der Waals surface area contributed by atoms with Crippen LogP contribution in [0.5, 0.6) is 5.75 Å². The zero-order valence-electron chi connectivity index (χ0n) is 19.1. The van der Waals surface area contributed by atoms with Crippen LogP contribution in [0.4, 0.5) is 11.6 Å². The zero-order valence-corrected chi connectivity index (χ0v) is 20.6. The van der Waals surface area contributed by atoms with Crippen molar-refractivity contribution in [2.45, 2.75) is 12.6 Å². The molecule has 1 atom stereocenters. The van der Waals surface area contributed by atoms with Gasteiger partial charge >= 0.3 is 5.69 Å². The van der Waals surface area contributed by atoms with Crippen molar-refractivity contribution in [2.75, 3.05) is 12.0 Å². The summed E-state index contributed by atoms with van der Waals surface area (Å²) >= 11 is 12.0. The second-order valence-corrected chi connectivity index (χ2v) is 8.64. The van der Waals surface area contributed by atoms with Crippen LogP contribution in [0.15, 0.2) is 57.2 Å². The quantitative estimate of drug-likeness (QED) is 0.163. The minimum absolute atomic E-state index is 0.0127. The number of anilines is 1. The van der Waals surface area contributed by atoms with Gasteiger partial charge < -0.3 is 14.4 Å². The van der Waals surface area contributed by atoms with E-state index in [1.165, 1.54) is 42.1 Å². The first-order chi connectivity index (χ1) is 17.6. The van der Waals surface area contributed by atoms with E-state index in [9.17, 15) is 24.8 Å². The first kappa shape index (κ1) is 25.9. The molecule has 192 valence electrons. The second-order valence-electron chi connectivity index (χ2n) is 7.80. The molecule has 0 saturated carbocycles. The van der Waals surface area contributed by atoms with Crippen LogP contribution in [0.1, 0.15) is 5.56 Å². The highest BCUT2D eigenvalue weighted by Gasteiger charge is 2.20. The third kappa shape index (κ3) is 5.80. The predicted molar refractivity (Wildman–Crippen MR) is 138 cm³/mol. The molecular formula is C22H19Cl2N7O6. The lowest BCUT2D eigenvalue weighted by Gasteiger charge is -2.15. The van der Waals surface area contributed by atoms with Crippen molar-refractivity contribution < 1.29 is 14.8 Å². The summed E-state index contributed by atoms with van der Waals surface area (Å²) in [6, 6.07) is 10.4. The first-order valence-electron chi connectivity index (χ1n) is 10.6. The van der Waals surface area contributed by atoms with E-state index in [-0.39, 0.29) is 41.0 Å². The number of aliphatic hydroxyl groups is 1. The van der Waals surface area contributed by atoms with Gasteiger partial charge in [-0.05, 0) is 18.2 Å². The summed E-state index contributed by atoms with van der Waals surface area (Å²) in [5.41, 5.74) is 1.67. The third-order valence-corrected chi connectivity index (χ3v) is 5.72. The summed E-state index contributed by atoms with van der Waals surface area (Å²) in [5.74, 6) is 0.340. The van der Waals surface area contributed by atoms with Gasteiger partial charge in [0.15, 0.2) is 11.2 Å². The number of nitrogens with one attached hydrogen (secondary N) is 2. The molecule has 0 amide bonds. The van der Waals surface area contributed by atoms with Gasteiger partial charge in [0.05, 0.1) is 22.7 Å². The number of non-ortho nitro benzene ring substituents is 1. The number of nitro benzene ring substituents is 1. The largest absolute Gasteiger partial charge is 0.489 e. The zero-order chi connectivity index (χ0) is 26.7. The molecular weight excluding hydrogens is 529 g/mol. The molecule has 2 aromatic carbocycles. The van der Waals surface area contributed by atoms with Crippen molar-refractivity contribution in [1.29, 1.82) is 0 Å². The molecule has 0 spiro atoms. The maximum Gasteiger partial charge on any atom is 0.329 e. The van der Waals surface area contributed by atoms with Crippen LogP contribution in [0.2, 0.25) is 10.0 Å². The number of aryl methyl sites for hydroxylation is 1. The van der Waals surface area contributed by atoms with Gasteiger partial charge in [0.2, 0.25) is 5.95 Å². The lowest BCUT2D eigenvalue weighted by atomic mass is 10.2. The third-order valence-electron chi connectivity index (χ3n) is 5.18. The van der Waals surface area contributed by atoms with Gasteiger partial charge in [-0.1, -0.05) is 35.3 Å². The summed E-state index contributed by atoms with van der Waals surface area (Å²) < 4.78 is 8.06. The minimum atomic E-state index is -1.14. The Balaban J connectivity index is 1.62. The van der Waals surface area contributed by atoms with E-state index in [0.29, 0.717) is 16.3 Å². The van der Waals surface area contributed by atoms with Crippen LogP contribution in [0.25, 0.3) is 11.2 Å². The topological polar surface area (TPSA) is 170 Å². The van der Waals surface area contributed by atoms with Crippen LogP contribution in [0, 0.1) is 10.1 Å². The van der Waals surface area contributed by atoms with E-state index in [2.05, 4.69) is 20.5 Å². The van der Waals surface area contributed by atoms with Crippen molar-refractivity contribution in [3.8, 4) is 5.75 Å². The molecule has 2 aromatic heterocycles. The van der Waals surface area contributed by atoms with Crippen LogP contribution in [-0.2, 0) is 13.6 Å². The molecule has 4 rings (SSSR count). The Bertz CT molecular complexity index is 1630. The van der Waals surface area contributed by atoms with Crippen LogP contribution < -0.4 is 21.4 Å². The van der Waals surface area contributed by atoms with Gasteiger partial charge in [0.25, 0.3) is 11.2 Å². The standard InChI is InChI=1S/C22H19Cl2N7O6/c1-29-19-18(20(33)27-22(29)34)30(10-15(32)11-37-17-6-5-13(23)8-16(17)24)21(26-19)28-25-9-12-3-2-4-14(7-12)31(35)36/h2-9,15,32H,10-11H2,1H3,(H,26,28)(H,27,33,34)/t15-/m0/s1. The highest BCUT2D eigenvalue weighted by atomic mass is 35.5. The Morgan fingerprint density at radius 2 is 2.08 bits per heavy atom. The Morgan fingerprint density at radius 1 is 1.30 bits per heavy atom. The fourth-order valence-corrected chi connectivity index (χ4v) is 3.89. The molecule has 0 radical (unpaired) electrons. The molecule has 0 unspecified atom stereocenters. The fraction of sp³-hybridized carbons (Fsp3) is 0.182. The number of hydrogen-bond acceptors (Lipinski definition) is 9. The summed E-state index contributed by atoms with van der Waals surface area (Å²) in [7, 11) is 1.43. The number of imidazole rings is 1. The molecule has 3 N–H and O–H groups in total. The second kappa shape index (κ2) is 10.8. The lowest BCUT2D eigenvalue weighted by molar-refractivity contribution is -0.384. The number of H-pyrrole nitrogens is 1. The van der Waals surface area contributed by atoms with E-state index in [4.69, 9.17) is 27.9 Å². The lowest BCUT2D eigenvalue weighted by Crippen LogP contribution is -2.30. The first-order valence-corrected chi connectivity index (χ1v) is 11.4. The van der Waals surface area contributed by atoms with Crippen LogP contribution >= 0.6 is 23.2 Å². The monoisotopic (exact) mass is 547 g/mol. The van der Waals surface area contributed by atoms with Crippen molar-refractivity contribution in [3.05, 3.63) is 89.0 Å². The van der Waals surface area contributed by atoms with Gasteiger partial charge in [0.1, 0.15) is 18.5 Å². The number of rotatable bonds is 9. The maximum absolute atomic E-state index is 12.6. The summed E-state index contributed by atoms with van der Waals surface area (Å²) in [4.78, 5) is 41.6. The number of nitro groups is 1. The van der Waals surface area contributed by atoms with Gasteiger partial charge in [-0.2, -0.15) is 10.1 Å². The van der Waals surface area contributed by atoms with Crippen molar-refractivity contribution in [2.24, 2.45) is 12.1 Å². The van der Waals surface area contributed by atoms with Gasteiger partial charge in [-0.3, -0.25) is 24.5 Å². The Kier molecular flexibility index (Phi) is 7.57. The highest BCUT2D eigenvalue weighted by molar-refractivity contribution is 6.35. The van der Waals surface area contributed by atoms with Gasteiger partial charge in [-0.15, -0.1) is 0 Å². The number of nitrogens with zero attached hydrogens (tertiary/aromatic N) is 5. The van der Waals surface area contributed by atoms with Crippen molar-refractivity contribution in [3.63, 3.8) is 0 Å². The molecule has 0 aliphatic heterocycles. The predicted octanol–water partition coefficient (Wildman–Crippen LogP) is 2.52. The number of aliphatic hydroxyl groups excluding tert-OH is 1. The Hall–Kier alpha value is -4.20. The molecule has 0 bridgehead atoms. The molecule has 0 fully saturated rings. The number of aromatic nitrogens is 4. The summed E-state index contributed by atoms with van der Waals surface area (Å²) in [6.45, 7) is -0.362. The highest BCUT2D eigenvalue weighted by Crippen LogP contribution is 2.27. The number of halogens is 2. The molecule has 4 aromatic rings. The van der Waals surface area contributed by atoms with E-state index in [1.807, 2.05) is 0 Å². The number of hydrazone groups is 1. The average molecular weight is 548 g/mol. The van der Waals surface area contributed by atoms with Crippen LogP contribution in [-0.4, -0.2) is 48.1 Å². The van der Waals surface area contributed by atoms with Gasteiger partial charge in [-0.25, -0.2) is 10.2 Å². The molecule has 0 aliphatic carbocycles. The Labute approximate surface area is 217 Å². The van der Waals surface area contributed by atoms with Crippen molar-refractivity contribution >= 4 is 52.2 Å². The molecule has 2 heterocycles. The number of benzene rings is 2. The van der Waals surface area contributed by atoms with Crippen molar-refractivity contribution in [1.82, 2.24) is 19.1 Å². The normalized spacial score (nSPS) is 12.2. The fourth-order valence-electron chi connectivity index (χ4n) is 3.42. The molecule has 0 aliphatic rings. The molecule has 13 nitrogen and oxygen atoms in total. The van der Waals surface area contributed by atoms with E-state index < -0.39 is 22.3 Å². The Morgan fingerprint density at radius 3 is 2.81 bits per heavy atom. The molecule has 37 heavy (non-hydrogen) atoms. The smallest absolute Gasteiger partial charge is 0.329 e. The average Bonchev–Trinajstić information content (AvgIpc) is 3.21. The maximum atomic E-state index is 12.6. The number of ether oxygens (including phenoxy) is 1. The van der Waals surface area contributed by atoms with E-state index in [1.54, 1.807) is 18.2 Å². The number of aromatic amines is 1.